The molecule has 0 amide bonds. The van der Waals surface area contributed by atoms with Crippen LogP contribution in [0.3, 0.4) is 0 Å². The third kappa shape index (κ3) is 3.40. The number of nitrogens with one attached hydrogen (secondary N) is 2. The number of rotatable bonds is 6. The summed E-state index contributed by atoms with van der Waals surface area (Å²) in [5.74, 6) is 0. The van der Waals surface area contributed by atoms with Crippen LogP contribution >= 0.6 is 11.3 Å². The summed E-state index contributed by atoms with van der Waals surface area (Å²) in [6.45, 7) is 6.44. The molecule has 1 rings (SSSR count). The Labute approximate surface area is 90.7 Å². The molecule has 1 atom stereocenters. The van der Waals surface area contributed by atoms with E-state index >= 15 is 0 Å². The van der Waals surface area contributed by atoms with Crippen molar-refractivity contribution < 1.29 is 0 Å². The highest BCUT2D eigenvalue weighted by molar-refractivity contribution is 7.10. The molecule has 1 aromatic heterocycles. The van der Waals surface area contributed by atoms with Crippen LogP contribution in [0.25, 0.3) is 0 Å². The van der Waals surface area contributed by atoms with Crippen LogP contribution in [0.5, 0.6) is 0 Å². The van der Waals surface area contributed by atoms with E-state index in [2.05, 4.69) is 35.9 Å². The Balaban J connectivity index is 2.37. The molecule has 2 N–H and O–H groups in total. The van der Waals surface area contributed by atoms with Gasteiger partial charge in [0.1, 0.15) is 0 Å². The lowest BCUT2D eigenvalue weighted by atomic mass is 10.2. The topological polar surface area (TPSA) is 24.1 Å². The van der Waals surface area contributed by atoms with Crippen LogP contribution in [-0.2, 0) is 13.0 Å². The molecule has 0 aliphatic rings. The summed E-state index contributed by atoms with van der Waals surface area (Å²) in [5.41, 5.74) is 1.49. The molecule has 2 nitrogen and oxygen atoms in total. The van der Waals surface area contributed by atoms with Gasteiger partial charge in [0.05, 0.1) is 0 Å². The fraction of sp³-hybridized carbons (Fsp3) is 0.636. The lowest BCUT2D eigenvalue weighted by molar-refractivity contribution is 0.525. The maximum absolute atomic E-state index is 3.51. The fourth-order valence-electron chi connectivity index (χ4n) is 1.48. The van der Waals surface area contributed by atoms with Crippen LogP contribution in [0.4, 0.5) is 0 Å². The van der Waals surface area contributed by atoms with Gasteiger partial charge in [-0.15, -0.1) is 11.3 Å². The molecule has 80 valence electrons. The Bertz CT molecular complexity index is 258. The van der Waals surface area contributed by atoms with Crippen LogP contribution in [0.15, 0.2) is 11.4 Å². The first-order chi connectivity index (χ1) is 6.77. The molecule has 0 spiro atoms. The SMILES string of the molecule is CCc1ccsc1CNC(C)CNC. The molecule has 0 saturated heterocycles. The second kappa shape index (κ2) is 6.17. The summed E-state index contributed by atoms with van der Waals surface area (Å²) in [5, 5.41) is 8.85. The standard InChI is InChI=1S/C11H20N2S/c1-4-10-5-6-14-11(10)8-13-9(2)7-12-3/h5-6,9,12-13H,4,7-8H2,1-3H3. The minimum Gasteiger partial charge on any atom is -0.318 e. The highest BCUT2D eigenvalue weighted by Gasteiger charge is 2.04. The molecule has 0 aliphatic carbocycles. The second-order valence-electron chi connectivity index (χ2n) is 3.56. The summed E-state index contributed by atoms with van der Waals surface area (Å²) < 4.78 is 0. The average molecular weight is 212 g/mol. The summed E-state index contributed by atoms with van der Waals surface area (Å²) >= 11 is 1.85. The van der Waals surface area contributed by atoms with E-state index in [-0.39, 0.29) is 0 Å². The van der Waals surface area contributed by atoms with Crippen molar-refractivity contribution >= 4 is 11.3 Å². The van der Waals surface area contributed by atoms with Gasteiger partial charge in [0.15, 0.2) is 0 Å². The normalized spacial score (nSPS) is 13.1. The van der Waals surface area contributed by atoms with E-state index in [1.165, 1.54) is 10.4 Å². The molecule has 0 radical (unpaired) electrons. The average Bonchev–Trinajstić information content (AvgIpc) is 2.62. The molecular formula is C11H20N2S. The van der Waals surface area contributed by atoms with Crippen LogP contribution < -0.4 is 10.6 Å². The van der Waals surface area contributed by atoms with Crippen molar-refractivity contribution in [3.63, 3.8) is 0 Å². The molecular weight excluding hydrogens is 192 g/mol. The minimum absolute atomic E-state index is 0.534. The Kier molecular flexibility index (Phi) is 5.15. The van der Waals surface area contributed by atoms with Crippen molar-refractivity contribution in [2.45, 2.75) is 32.9 Å². The highest BCUT2D eigenvalue weighted by atomic mass is 32.1. The number of hydrogen-bond acceptors (Lipinski definition) is 3. The monoisotopic (exact) mass is 212 g/mol. The zero-order valence-corrected chi connectivity index (χ0v) is 10.1. The summed E-state index contributed by atoms with van der Waals surface area (Å²) in [6.07, 6.45) is 1.14. The van der Waals surface area contributed by atoms with Gasteiger partial charge >= 0.3 is 0 Å². The van der Waals surface area contributed by atoms with Crippen molar-refractivity contribution in [1.29, 1.82) is 0 Å². The van der Waals surface area contributed by atoms with Crippen molar-refractivity contribution in [2.75, 3.05) is 13.6 Å². The largest absolute Gasteiger partial charge is 0.318 e. The predicted molar refractivity (Wildman–Crippen MR) is 63.9 cm³/mol. The highest BCUT2D eigenvalue weighted by Crippen LogP contribution is 2.16. The quantitative estimate of drug-likeness (QED) is 0.754. The van der Waals surface area contributed by atoms with Crippen molar-refractivity contribution in [1.82, 2.24) is 10.6 Å². The lowest BCUT2D eigenvalue weighted by Crippen LogP contribution is -2.34. The summed E-state index contributed by atoms with van der Waals surface area (Å²) in [4.78, 5) is 1.48. The Morgan fingerprint density at radius 3 is 2.93 bits per heavy atom. The second-order valence-corrected chi connectivity index (χ2v) is 4.56. The summed E-state index contributed by atoms with van der Waals surface area (Å²) in [7, 11) is 1.99. The molecule has 0 saturated carbocycles. The van der Waals surface area contributed by atoms with Crippen LogP contribution in [0.2, 0.25) is 0 Å². The predicted octanol–water partition coefficient (Wildman–Crippen LogP) is 2.01. The maximum atomic E-state index is 3.51. The van der Waals surface area contributed by atoms with Crippen LogP contribution in [-0.4, -0.2) is 19.6 Å². The van der Waals surface area contributed by atoms with E-state index < -0.39 is 0 Å². The van der Waals surface area contributed by atoms with E-state index in [9.17, 15) is 0 Å². The molecule has 0 aliphatic heterocycles. The minimum atomic E-state index is 0.534. The molecule has 0 bridgehead atoms. The number of thiophene rings is 1. The van der Waals surface area contributed by atoms with Gasteiger partial charge in [-0.25, -0.2) is 0 Å². The van der Waals surface area contributed by atoms with Gasteiger partial charge in [-0.05, 0) is 37.4 Å². The van der Waals surface area contributed by atoms with E-state index in [1.807, 2.05) is 18.4 Å². The van der Waals surface area contributed by atoms with Crippen molar-refractivity contribution in [3.05, 3.63) is 21.9 Å². The van der Waals surface area contributed by atoms with E-state index in [0.29, 0.717) is 6.04 Å². The molecule has 1 aromatic rings. The van der Waals surface area contributed by atoms with Gasteiger partial charge in [0.2, 0.25) is 0 Å². The van der Waals surface area contributed by atoms with Gasteiger partial charge in [0.25, 0.3) is 0 Å². The molecule has 0 aromatic carbocycles. The first-order valence-corrected chi connectivity index (χ1v) is 6.09. The Morgan fingerprint density at radius 2 is 2.29 bits per heavy atom. The zero-order valence-electron chi connectivity index (χ0n) is 9.26. The van der Waals surface area contributed by atoms with E-state index in [1.54, 1.807) is 0 Å². The van der Waals surface area contributed by atoms with Gasteiger partial charge in [-0.2, -0.15) is 0 Å². The molecule has 3 heteroatoms. The van der Waals surface area contributed by atoms with Gasteiger partial charge in [0, 0.05) is 24.0 Å². The fourth-order valence-corrected chi connectivity index (χ4v) is 2.41. The van der Waals surface area contributed by atoms with Gasteiger partial charge in [-0.1, -0.05) is 6.92 Å². The molecule has 1 unspecified atom stereocenters. The third-order valence-electron chi connectivity index (χ3n) is 2.34. The Hall–Kier alpha value is -0.380. The van der Waals surface area contributed by atoms with Crippen molar-refractivity contribution in [2.24, 2.45) is 0 Å². The number of aryl methyl sites for hydroxylation is 1. The number of hydrogen-bond donors (Lipinski definition) is 2. The van der Waals surface area contributed by atoms with E-state index in [0.717, 1.165) is 19.5 Å². The first-order valence-electron chi connectivity index (χ1n) is 5.21. The van der Waals surface area contributed by atoms with Gasteiger partial charge in [-0.3, -0.25) is 0 Å². The first kappa shape index (κ1) is 11.7. The third-order valence-corrected chi connectivity index (χ3v) is 3.30. The van der Waals surface area contributed by atoms with Crippen molar-refractivity contribution in [3.8, 4) is 0 Å². The maximum Gasteiger partial charge on any atom is 0.0305 e. The Morgan fingerprint density at radius 1 is 1.50 bits per heavy atom. The molecule has 14 heavy (non-hydrogen) atoms. The number of likely N-dealkylation sites (N-methyl/N-ethyl adjacent to an activating group) is 1. The smallest absolute Gasteiger partial charge is 0.0305 e. The van der Waals surface area contributed by atoms with E-state index in [4.69, 9.17) is 0 Å². The molecule has 0 fully saturated rings. The van der Waals surface area contributed by atoms with Gasteiger partial charge < -0.3 is 10.6 Å². The molecule has 1 heterocycles. The van der Waals surface area contributed by atoms with Crippen LogP contribution in [0.1, 0.15) is 24.3 Å². The summed E-state index contributed by atoms with van der Waals surface area (Å²) in [6, 6.07) is 2.76. The van der Waals surface area contributed by atoms with Crippen LogP contribution in [0, 0.1) is 0 Å². The zero-order chi connectivity index (χ0) is 10.4. The lowest BCUT2D eigenvalue weighted by Gasteiger charge is -2.12.